The van der Waals surface area contributed by atoms with Crippen molar-refractivity contribution in [3.63, 3.8) is 0 Å². The lowest BCUT2D eigenvalue weighted by Crippen LogP contribution is -2.35. The van der Waals surface area contributed by atoms with Crippen molar-refractivity contribution in [2.24, 2.45) is 5.92 Å². The molecule has 4 nitrogen and oxygen atoms in total. The Morgan fingerprint density at radius 3 is 2.60 bits per heavy atom. The number of amides is 1. The smallest absolute Gasteiger partial charge is 0.251 e. The zero-order chi connectivity index (χ0) is 17.6. The summed E-state index contributed by atoms with van der Waals surface area (Å²) in [6.07, 6.45) is 0. The molecule has 1 aliphatic rings. The summed E-state index contributed by atoms with van der Waals surface area (Å²) < 4.78 is 0. The van der Waals surface area contributed by atoms with Gasteiger partial charge in [-0.15, -0.1) is 0 Å². The number of hydrogen-bond donors (Lipinski definition) is 2. The summed E-state index contributed by atoms with van der Waals surface area (Å²) >= 11 is 0. The number of nitrogens with zero attached hydrogens (tertiary/aromatic N) is 1. The Morgan fingerprint density at radius 2 is 1.84 bits per heavy atom. The first-order valence-electron chi connectivity index (χ1n) is 8.96. The molecule has 0 aromatic heterocycles. The molecule has 0 spiro atoms. The van der Waals surface area contributed by atoms with Crippen LogP contribution in [0.15, 0.2) is 54.6 Å². The highest BCUT2D eigenvalue weighted by Gasteiger charge is 2.28. The molecule has 1 fully saturated rings. The van der Waals surface area contributed by atoms with E-state index in [1.54, 1.807) is 7.05 Å². The van der Waals surface area contributed by atoms with Gasteiger partial charge in [0.25, 0.3) is 5.91 Å². The van der Waals surface area contributed by atoms with Crippen molar-refractivity contribution in [2.75, 3.05) is 20.1 Å². The molecule has 25 heavy (non-hydrogen) atoms. The van der Waals surface area contributed by atoms with E-state index < -0.39 is 0 Å². The minimum absolute atomic E-state index is 0.0369. The van der Waals surface area contributed by atoms with E-state index in [2.05, 4.69) is 58.9 Å². The fraction of sp³-hybridized carbons (Fsp3) is 0.381. The van der Waals surface area contributed by atoms with Crippen LogP contribution in [-0.4, -0.2) is 37.0 Å². The number of benzene rings is 2. The van der Waals surface area contributed by atoms with Gasteiger partial charge in [-0.05, 0) is 29.2 Å². The number of carbonyl (C=O) groups is 1. The number of hydrogen-bond acceptors (Lipinski definition) is 3. The first-order chi connectivity index (χ1) is 12.2. The third-order valence-electron chi connectivity index (χ3n) is 4.92. The highest BCUT2D eigenvalue weighted by atomic mass is 16.1. The van der Waals surface area contributed by atoms with Crippen molar-refractivity contribution < 1.29 is 4.79 Å². The molecule has 0 aliphatic carbocycles. The molecule has 1 amide bonds. The third kappa shape index (κ3) is 4.68. The fourth-order valence-corrected chi connectivity index (χ4v) is 3.52. The second kappa shape index (κ2) is 8.28. The third-order valence-corrected chi connectivity index (χ3v) is 4.92. The first kappa shape index (κ1) is 17.6. The number of likely N-dealkylation sites (tertiary alicyclic amines) is 1. The number of carbonyl (C=O) groups excluding carboxylic acids is 1. The predicted molar refractivity (Wildman–Crippen MR) is 101 cm³/mol. The van der Waals surface area contributed by atoms with Crippen LogP contribution in [0.5, 0.6) is 0 Å². The highest BCUT2D eigenvalue weighted by molar-refractivity contribution is 5.94. The van der Waals surface area contributed by atoms with Crippen LogP contribution in [-0.2, 0) is 13.1 Å². The van der Waals surface area contributed by atoms with Crippen LogP contribution in [0.25, 0.3) is 0 Å². The lowest BCUT2D eigenvalue weighted by molar-refractivity contribution is 0.0963. The van der Waals surface area contributed by atoms with Gasteiger partial charge in [0.1, 0.15) is 0 Å². The maximum absolute atomic E-state index is 11.8. The Hall–Kier alpha value is -2.17. The zero-order valence-electron chi connectivity index (χ0n) is 15.0. The normalized spacial score (nSPS) is 20.6. The molecule has 132 valence electrons. The maximum Gasteiger partial charge on any atom is 0.251 e. The van der Waals surface area contributed by atoms with Crippen LogP contribution in [0.3, 0.4) is 0 Å². The Labute approximate surface area is 150 Å². The maximum atomic E-state index is 11.8. The second-order valence-corrected chi connectivity index (χ2v) is 6.92. The summed E-state index contributed by atoms with van der Waals surface area (Å²) in [7, 11) is 1.66. The van der Waals surface area contributed by atoms with Crippen LogP contribution >= 0.6 is 0 Å². The van der Waals surface area contributed by atoms with Crippen LogP contribution in [0.4, 0.5) is 0 Å². The highest BCUT2D eigenvalue weighted by Crippen LogP contribution is 2.19. The molecule has 1 aliphatic heterocycles. The van der Waals surface area contributed by atoms with E-state index in [1.165, 1.54) is 5.56 Å². The molecule has 1 heterocycles. The van der Waals surface area contributed by atoms with Gasteiger partial charge in [0, 0.05) is 44.8 Å². The molecule has 2 aromatic rings. The summed E-state index contributed by atoms with van der Waals surface area (Å²) in [5, 5.41) is 6.35. The molecule has 3 rings (SSSR count). The van der Waals surface area contributed by atoms with Gasteiger partial charge in [0.2, 0.25) is 0 Å². The molecule has 1 saturated heterocycles. The largest absolute Gasteiger partial charge is 0.355 e. The van der Waals surface area contributed by atoms with E-state index in [0.29, 0.717) is 17.5 Å². The van der Waals surface area contributed by atoms with Gasteiger partial charge in [-0.2, -0.15) is 0 Å². The van der Waals surface area contributed by atoms with Crippen LogP contribution in [0, 0.1) is 5.92 Å². The average molecular weight is 337 g/mol. The molecule has 0 bridgehead atoms. The zero-order valence-corrected chi connectivity index (χ0v) is 15.0. The molecule has 4 heteroatoms. The van der Waals surface area contributed by atoms with Crippen molar-refractivity contribution in [1.29, 1.82) is 0 Å². The van der Waals surface area contributed by atoms with E-state index in [0.717, 1.165) is 31.7 Å². The lowest BCUT2D eigenvalue weighted by atomic mass is 10.1. The van der Waals surface area contributed by atoms with Crippen molar-refractivity contribution in [1.82, 2.24) is 15.5 Å². The van der Waals surface area contributed by atoms with Crippen molar-refractivity contribution in [3.05, 3.63) is 71.3 Å². The molecule has 2 aromatic carbocycles. The molecule has 2 N–H and O–H groups in total. The monoisotopic (exact) mass is 337 g/mol. The average Bonchev–Trinajstić information content (AvgIpc) is 2.99. The molecule has 0 saturated carbocycles. The molecule has 0 radical (unpaired) electrons. The van der Waals surface area contributed by atoms with Crippen LogP contribution < -0.4 is 10.6 Å². The van der Waals surface area contributed by atoms with Gasteiger partial charge in [-0.25, -0.2) is 0 Å². The molecular formula is C21H27N3O. The van der Waals surface area contributed by atoms with Gasteiger partial charge in [0.15, 0.2) is 0 Å². The van der Waals surface area contributed by atoms with Gasteiger partial charge in [-0.3, -0.25) is 9.69 Å². The quantitative estimate of drug-likeness (QED) is 0.852. The summed E-state index contributed by atoms with van der Waals surface area (Å²) in [4.78, 5) is 14.3. The SMILES string of the molecule is CNC(=O)c1cccc(CN[C@@H]2CN(Cc3ccccc3)C[C@H]2C)c1. The van der Waals surface area contributed by atoms with E-state index >= 15 is 0 Å². The topological polar surface area (TPSA) is 44.4 Å². The van der Waals surface area contributed by atoms with Crippen molar-refractivity contribution in [2.45, 2.75) is 26.1 Å². The van der Waals surface area contributed by atoms with Crippen molar-refractivity contribution >= 4 is 5.91 Å². The number of nitrogens with one attached hydrogen (secondary N) is 2. The Bertz CT molecular complexity index is 701. The fourth-order valence-electron chi connectivity index (χ4n) is 3.52. The van der Waals surface area contributed by atoms with Crippen molar-refractivity contribution in [3.8, 4) is 0 Å². The Morgan fingerprint density at radius 1 is 1.08 bits per heavy atom. The van der Waals surface area contributed by atoms with Gasteiger partial charge < -0.3 is 10.6 Å². The Balaban J connectivity index is 1.54. The van der Waals surface area contributed by atoms with E-state index in [9.17, 15) is 4.79 Å². The lowest BCUT2D eigenvalue weighted by Gasteiger charge is -2.17. The van der Waals surface area contributed by atoms with Gasteiger partial charge in [0.05, 0.1) is 0 Å². The van der Waals surface area contributed by atoms with Gasteiger partial charge in [-0.1, -0.05) is 49.4 Å². The van der Waals surface area contributed by atoms with E-state index in [1.807, 2.05) is 18.2 Å². The summed E-state index contributed by atoms with van der Waals surface area (Å²) in [6, 6.07) is 19.0. The second-order valence-electron chi connectivity index (χ2n) is 6.92. The summed E-state index contributed by atoms with van der Waals surface area (Å²) in [5.74, 6) is 0.580. The van der Waals surface area contributed by atoms with E-state index in [4.69, 9.17) is 0 Å². The molecular weight excluding hydrogens is 310 g/mol. The standard InChI is InChI=1S/C21H27N3O/c1-16-13-24(14-17-7-4-3-5-8-17)15-20(16)23-12-18-9-6-10-19(11-18)21(25)22-2/h3-11,16,20,23H,12-15H2,1-2H3,(H,22,25)/t16-,20-/m1/s1. The Kier molecular flexibility index (Phi) is 5.84. The van der Waals surface area contributed by atoms with Gasteiger partial charge >= 0.3 is 0 Å². The van der Waals surface area contributed by atoms with E-state index in [-0.39, 0.29) is 5.91 Å². The van der Waals surface area contributed by atoms with Crippen LogP contribution in [0.1, 0.15) is 28.4 Å². The summed E-state index contributed by atoms with van der Waals surface area (Å²) in [6.45, 7) is 6.29. The molecule has 0 unspecified atom stereocenters. The predicted octanol–water partition coefficient (Wildman–Crippen LogP) is 2.66. The molecule has 2 atom stereocenters. The first-order valence-corrected chi connectivity index (χ1v) is 8.96. The minimum Gasteiger partial charge on any atom is -0.355 e. The minimum atomic E-state index is -0.0369. The van der Waals surface area contributed by atoms with Crippen LogP contribution in [0.2, 0.25) is 0 Å². The number of rotatable bonds is 6. The summed E-state index contributed by atoms with van der Waals surface area (Å²) in [5.41, 5.74) is 3.23.